The van der Waals surface area contributed by atoms with Crippen LogP contribution in [0.1, 0.15) is 39.0 Å². The van der Waals surface area contributed by atoms with Crippen molar-refractivity contribution in [3.05, 3.63) is 111 Å². The van der Waals surface area contributed by atoms with Crippen LogP contribution in [-0.4, -0.2) is 41.0 Å². The number of hydrogen-bond donors (Lipinski definition) is 2. The molecule has 6 nitrogen and oxygen atoms in total. The largest absolute Gasteiger partial charge is 0.480 e. The summed E-state index contributed by atoms with van der Waals surface area (Å²) in [4.78, 5) is 26.8. The molecular formula is C29H25Cl2N3O3. The van der Waals surface area contributed by atoms with E-state index in [0.29, 0.717) is 5.56 Å². The Bertz CT molecular complexity index is 1360. The molecule has 188 valence electrons. The van der Waals surface area contributed by atoms with Crippen LogP contribution >= 0.6 is 23.2 Å². The molecule has 0 aliphatic carbocycles. The predicted molar refractivity (Wildman–Crippen MR) is 145 cm³/mol. The molecule has 1 aliphatic heterocycles. The van der Waals surface area contributed by atoms with E-state index in [1.54, 1.807) is 6.07 Å². The summed E-state index contributed by atoms with van der Waals surface area (Å²) in [7, 11) is 0. The molecule has 1 heterocycles. The smallest absolute Gasteiger partial charge is 0.326 e. The highest BCUT2D eigenvalue weighted by molar-refractivity contribution is 6.39. The lowest BCUT2D eigenvalue weighted by molar-refractivity contribution is -0.139. The Balaban J connectivity index is 1.37. The second-order valence-corrected chi connectivity index (χ2v) is 9.70. The molecule has 0 fully saturated rings. The van der Waals surface area contributed by atoms with E-state index in [1.807, 2.05) is 48.5 Å². The van der Waals surface area contributed by atoms with Crippen molar-refractivity contribution in [2.24, 2.45) is 0 Å². The Morgan fingerprint density at radius 3 is 2.35 bits per heavy atom. The Hall–Kier alpha value is -3.63. The Morgan fingerprint density at radius 2 is 1.73 bits per heavy atom. The fourth-order valence-corrected chi connectivity index (χ4v) is 4.92. The minimum atomic E-state index is -1.14. The molecule has 0 bridgehead atoms. The number of benzene rings is 3. The monoisotopic (exact) mass is 533 g/mol. The zero-order chi connectivity index (χ0) is 26.4. The molecule has 0 spiro atoms. The molecule has 8 heteroatoms. The van der Waals surface area contributed by atoms with E-state index in [2.05, 4.69) is 22.4 Å². The molecule has 0 radical (unpaired) electrons. The highest BCUT2D eigenvalue weighted by Gasteiger charge is 2.24. The zero-order valence-corrected chi connectivity index (χ0v) is 21.5. The number of carboxylic acid groups (broad SMARTS) is 1. The van der Waals surface area contributed by atoms with Crippen LogP contribution in [0.15, 0.2) is 72.8 Å². The summed E-state index contributed by atoms with van der Waals surface area (Å²) >= 11 is 12.2. The van der Waals surface area contributed by atoms with Crippen LogP contribution in [-0.2, 0) is 17.8 Å². The van der Waals surface area contributed by atoms with Crippen LogP contribution in [0.3, 0.4) is 0 Å². The number of carboxylic acids is 1. The number of rotatable bonds is 8. The van der Waals surface area contributed by atoms with Crippen molar-refractivity contribution in [3.8, 4) is 6.07 Å². The van der Waals surface area contributed by atoms with Crippen LogP contribution in [0, 0.1) is 11.3 Å². The third kappa shape index (κ3) is 6.78. The van der Waals surface area contributed by atoms with E-state index in [4.69, 9.17) is 28.5 Å². The second kappa shape index (κ2) is 12.1. The minimum absolute atomic E-state index is 0.0588. The summed E-state index contributed by atoms with van der Waals surface area (Å²) in [5.41, 5.74) is 4.97. The molecule has 1 amide bonds. The van der Waals surface area contributed by atoms with Gasteiger partial charge in [-0.2, -0.15) is 5.26 Å². The zero-order valence-electron chi connectivity index (χ0n) is 20.0. The molecule has 4 rings (SSSR count). The first-order valence-electron chi connectivity index (χ1n) is 11.8. The number of carbonyl (C=O) groups excluding carboxylic acids is 1. The quantitative estimate of drug-likeness (QED) is 0.394. The maximum absolute atomic E-state index is 12.7. The normalized spacial score (nSPS) is 14.4. The van der Waals surface area contributed by atoms with Gasteiger partial charge in [0.05, 0.1) is 27.2 Å². The molecule has 0 saturated carbocycles. The first kappa shape index (κ1) is 26.4. The van der Waals surface area contributed by atoms with Gasteiger partial charge in [0, 0.05) is 26.1 Å². The van der Waals surface area contributed by atoms with E-state index in [-0.39, 0.29) is 22.0 Å². The third-order valence-corrected chi connectivity index (χ3v) is 6.94. The van der Waals surface area contributed by atoms with Crippen LogP contribution in [0.4, 0.5) is 0 Å². The maximum Gasteiger partial charge on any atom is 0.326 e. The summed E-state index contributed by atoms with van der Waals surface area (Å²) < 4.78 is 0. The third-order valence-electron chi connectivity index (χ3n) is 6.31. The number of halogens is 2. The number of nitrogens with zero attached hydrogens (tertiary/aromatic N) is 2. The van der Waals surface area contributed by atoms with Crippen molar-refractivity contribution < 1.29 is 14.7 Å². The van der Waals surface area contributed by atoms with Crippen molar-refractivity contribution in [1.82, 2.24) is 10.2 Å². The molecule has 3 aromatic carbocycles. The fourth-order valence-electron chi connectivity index (χ4n) is 4.35. The topological polar surface area (TPSA) is 93.4 Å². The molecule has 2 N–H and O–H groups in total. The van der Waals surface area contributed by atoms with E-state index in [1.165, 1.54) is 17.7 Å². The number of aliphatic carboxylic acids is 1. The summed E-state index contributed by atoms with van der Waals surface area (Å²) in [5, 5.41) is 21.6. The first-order valence-corrected chi connectivity index (χ1v) is 12.6. The van der Waals surface area contributed by atoms with Crippen LogP contribution < -0.4 is 5.32 Å². The maximum atomic E-state index is 12.7. The van der Waals surface area contributed by atoms with Crippen molar-refractivity contribution in [1.29, 1.82) is 5.26 Å². The fraction of sp³-hybridized carbons (Fsp3) is 0.207. The van der Waals surface area contributed by atoms with Crippen LogP contribution in [0.5, 0.6) is 0 Å². The van der Waals surface area contributed by atoms with Crippen molar-refractivity contribution >= 4 is 40.7 Å². The molecule has 3 aromatic rings. The summed E-state index contributed by atoms with van der Waals surface area (Å²) in [6.45, 7) is 2.51. The molecule has 1 aliphatic rings. The van der Waals surface area contributed by atoms with Gasteiger partial charge in [-0.15, -0.1) is 0 Å². The Labute approximate surface area is 225 Å². The molecule has 0 saturated heterocycles. The highest BCUT2D eigenvalue weighted by atomic mass is 35.5. The lowest BCUT2D eigenvalue weighted by Crippen LogP contribution is -2.42. The highest BCUT2D eigenvalue weighted by Crippen LogP contribution is 2.26. The van der Waals surface area contributed by atoms with Crippen LogP contribution in [0.25, 0.3) is 5.57 Å². The number of nitriles is 1. The number of hydrogen-bond acceptors (Lipinski definition) is 4. The van der Waals surface area contributed by atoms with Gasteiger partial charge in [-0.25, -0.2) is 4.79 Å². The van der Waals surface area contributed by atoms with Crippen molar-refractivity contribution in [2.45, 2.75) is 25.4 Å². The van der Waals surface area contributed by atoms with Gasteiger partial charge < -0.3 is 10.4 Å². The standard InChI is InChI=1S/C29H25Cl2N3O3/c30-24-5-2-6-25(31)27(24)28(35)33-26(29(36)37)16-19-7-9-22(10-8-19)23-11-13-34(14-12-23)18-21-4-1-3-20(15-21)17-32/h1-11,15,26H,12-14,16,18H2,(H,33,35)(H,36,37)/t26-/m0/s1. The number of nitrogens with one attached hydrogen (secondary N) is 1. The lowest BCUT2D eigenvalue weighted by atomic mass is 9.96. The lowest BCUT2D eigenvalue weighted by Gasteiger charge is -2.26. The minimum Gasteiger partial charge on any atom is -0.480 e. The molecule has 0 aromatic heterocycles. The van der Waals surface area contributed by atoms with Gasteiger partial charge in [-0.3, -0.25) is 9.69 Å². The van der Waals surface area contributed by atoms with Gasteiger partial charge in [0.25, 0.3) is 5.91 Å². The summed E-state index contributed by atoms with van der Waals surface area (Å²) in [6.07, 6.45) is 3.22. The van der Waals surface area contributed by atoms with Gasteiger partial charge in [0.2, 0.25) is 0 Å². The van der Waals surface area contributed by atoms with Gasteiger partial charge in [0.1, 0.15) is 6.04 Å². The van der Waals surface area contributed by atoms with Gasteiger partial charge >= 0.3 is 5.97 Å². The predicted octanol–water partition coefficient (Wildman–Crippen LogP) is 5.58. The van der Waals surface area contributed by atoms with Gasteiger partial charge in [0.15, 0.2) is 0 Å². The molecule has 1 atom stereocenters. The van der Waals surface area contributed by atoms with E-state index in [0.717, 1.165) is 42.7 Å². The average molecular weight is 534 g/mol. The summed E-state index contributed by atoms with van der Waals surface area (Å²) in [5.74, 6) is -1.77. The van der Waals surface area contributed by atoms with E-state index in [9.17, 15) is 14.7 Å². The number of carbonyl (C=O) groups is 2. The van der Waals surface area contributed by atoms with Crippen LogP contribution in [0.2, 0.25) is 10.0 Å². The molecular weight excluding hydrogens is 509 g/mol. The second-order valence-electron chi connectivity index (χ2n) is 8.89. The number of amides is 1. The van der Waals surface area contributed by atoms with Crippen molar-refractivity contribution in [2.75, 3.05) is 13.1 Å². The average Bonchev–Trinajstić information content (AvgIpc) is 2.89. The first-order chi connectivity index (χ1) is 17.8. The Kier molecular flexibility index (Phi) is 8.62. The molecule has 0 unspecified atom stereocenters. The SMILES string of the molecule is N#Cc1cccc(CN2CC=C(c3ccc(C[C@H](NC(=O)c4c(Cl)cccc4Cl)C(=O)O)cc3)CC2)c1. The summed E-state index contributed by atoms with van der Waals surface area (Å²) in [6, 6.07) is 21.2. The van der Waals surface area contributed by atoms with Crippen molar-refractivity contribution in [3.63, 3.8) is 0 Å². The van der Waals surface area contributed by atoms with Gasteiger partial charge in [-0.1, -0.05) is 71.7 Å². The molecule has 37 heavy (non-hydrogen) atoms. The van der Waals surface area contributed by atoms with E-state index < -0.39 is 17.9 Å². The van der Waals surface area contributed by atoms with E-state index >= 15 is 0 Å². The Morgan fingerprint density at radius 1 is 1.03 bits per heavy atom. The van der Waals surface area contributed by atoms with Gasteiger partial charge in [-0.05, 0) is 52.9 Å².